The molecular weight excluding hydrogens is 467 g/mol. The smallest absolute Gasteiger partial charge is 0.191 e. The third-order valence-corrected chi connectivity index (χ3v) is 5.97. The summed E-state index contributed by atoms with van der Waals surface area (Å²) < 4.78 is 12.1. The van der Waals surface area contributed by atoms with Crippen LogP contribution in [0.15, 0.2) is 46.4 Å². The third-order valence-electron chi connectivity index (χ3n) is 3.39. The summed E-state index contributed by atoms with van der Waals surface area (Å²) in [6.07, 6.45) is 3.86. The molecule has 0 aliphatic rings. The molecule has 2 rings (SSSR count). The van der Waals surface area contributed by atoms with Crippen LogP contribution in [0.3, 0.4) is 0 Å². The molecule has 25 heavy (non-hydrogen) atoms. The van der Waals surface area contributed by atoms with Crippen LogP contribution in [0, 0.1) is 0 Å². The highest BCUT2D eigenvalue weighted by molar-refractivity contribution is 14.0. The van der Waals surface area contributed by atoms with Crippen molar-refractivity contribution in [1.29, 1.82) is 0 Å². The van der Waals surface area contributed by atoms with Crippen molar-refractivity contribution >= 4 is 52.1 Å². The van der Waals surface area contributed by atoms with Crippen LogP contribution in [0.4, 0.5) is 0 Å². The van der Waals surface area contributed by atoms with Crippen LogP contribution < -0.4 is 10.6 Å². The fourth-order valence-electron chi connectivity index (χ4n) is 2.09. The van der Waals surface area contributed by atoms with Crippen LogP contribution in [0.5, 0.6) is 0 Å². The first-order valence-electron chi connectivity index (χ1n) is 8.04. The lowest BCUT2D eigenvalue weighted by Crippen LogP contribution is -2.40. The Hall–Kier alpha value is -1.000. The van der Waals surface area contributed by atoms with Gasteiger partial charge in [0, 0.05) is 48.3 Å². The lowest BCUT2D eigenvalue weighted by Gasteiger charge is -2.11. The lowest BCUT2D eigenvalue weighted by atomic mass is 10.4. The number of guanidine groups is 1. The second-order valence-corrected chi connectivity index (χ2v) is 7.88. The van der Waals surface area contributed by atoms with E-state index in [1.54, 1.807) is 18.4 Å². The molecule has 1 unspecified atom stereocenters. The number of nitrogens with zero attached hydrogens (tertiary/aromatic N) is 2. The first-order valence-corrected chi connectivity index (χ1v) is 10.2. The Balaban J connectivity index is 0.00000312. The van der Waals surface area contributed by atoms with Gasteiger partial charge in [-0.05, 0) is 18.6 Å². The van der Waals surface area contributed by atoms with Gasteiger partial charge in [0.2, 0.25) is 0 Å². The molecule has 1 aromatic heterocycles. The van der Waals surface area contributed by atoms with Crippen molar-refractivity contribution in [1.82, 2.24) is 15.6 Å². The van der Waals surface area contributed by atoms with Gasteiger partial charge in [-0.2, -0.15) is 0 Å². The maximum Gasteiger partial charge on any atom is 0.191 e. The van der Waals surface area contributed by atoms with Gasteiger partial charge >= 0.3 is 0 Å². The van der Waals surface area contributed by atoms with Gasteiger partial charge in [-0.15, -0.1) is 35.3 Å². The number of hydrogen-bond donors (Lipinski definition) is 2. The van der Waals surface area contributed by atoms with E-state index in [4.69, 9.17) is 0 Å². The van der Waals surface area contributed by atoms with Crippen LogP contribution in [-0.2, 0) is 23.6 Å². The summed E-state index contributed by atoms with van der Waals surface area (Å²) in [5, 5.41) is 7.61. The molecule has 2 N–H and O–H groups in total. The van der Waals surface area contributed by atoms with Gasteiger partial charge in [-0.1, -0.05) is 25.1 Å². The van der Waals surface area contributed by atoms with Crippen molar-refractivity contribution in [3.63, 3.8) is 0 Å². The number of aryl methyl sites for hydroxylation is 1. The van der Waals surface area contributed by atoms with Crippen LogP contribution in [0.25, 0.3) is 0 Å². The second kappa shape index (κ2) is 12.4. The lowest BCUT2D eigenvalue weighted by molar-refractivity contribution is 0.681. The number of aromatic nitrogens is 1. The quantitative estimate of drug-likeness (QED) is 0.338. The minimum Gasteiger partial charge on any atom is -0.356 e. The molecule has 0 amide bonds. The van der Waals surface area contributed by atoms with Crippen LogP contribution in [0.2, 0.25) is 0 Å². The van der Waals surface area contributed by atoms with Crippen molar-refractivity contribution in [3.8, 4) is 0 Å². The average Bonchev–Trinajstić information content (AvgIpc) is 3.09. The third kappa shape index (κ3) is 7.83. The molecule has 0 saturated heterocycles. The number of benzene rings is 1. The SMILES string of the molecule is CCc1cnc(CCNC(=NC)NCCS(=O)c2ccccc2)s1.I. The number of rotatable bonds is 8. The zero-order chi connectivity index (χ0) is 17.2. The summed E-state index contributed by atoms with van der Waals surface area (Å²) >= 11 is 1.76. The molecule has 1 atom stereocenters. The maximum atomic E-state index is 12.1. The second-order valence-electron chi connectivity index (χ2n) is 5.11. The molecular formula is C17H25IN4OS2. The molecule has 0 radical (unpaired) electrons. The summed E-state index contributed by atoms with van der Waals surface area (Å²) in [5.41, 5.74) is 0. The van der Waals surface area contributed by atoms with Gasteiger partial charge in [0.15, 0.2) is 5.96 Å². The molecule has 1 aromatic carbocycles. The number of nitrogens with one attached hydrogen (secondary N) is 2. The highest BCUT2D eigenvalue weighted by Gasteiger charge is 2.04. The number of halogens is 1. The molecule has 0 saturated carbocycles. The van der Waals surface area contributed by atoms with E-state index in [2.05, 4.69) is 27.5 Å². The highest BCUT2D eigenvalue weighted by Crippen LogP contribution is 2.13. The average molecular weight is 492 g/mol. The monoisotopic (exact) mass is 492 g/mol. The standard InChI is InChI=1S/C17H24N4OS2.HI/c1-3-14-13-21-16(23-14)9-10-19-17(18-2)20-11-12-24(22)15-7-5-4-6-8-15;/h4-8,13H,3,9-12H2,1-2H3,(H2,18,19,20);1H. The first kappa shape index (κ1) is 22.0. The molecule has 5 nitrogen and oxygen atoms in total. The Kier molecular flexibility index (Phi) is 10.9. The minimum atomic E-state index is -0.989. The molecule has 0 aliphatic heterocycles. The van der Waals surface area contributed by atoms with Crippen molar-refractivity contribution in [2.24, 2.45) is 4.99 Å². The number of thiazole rings is 1. The van der Waals surface area contributed by atoms with Gasteiger partial charge in [0.1, 0.15) is 0 Å². The van der Waals surface area contributed by atoms with Crippen LogP contribution in [0.1, 0.15) is 16.8 Å². The maximum absolute atomic E-state index is 12.1. The Labute approximate surface area is 173 Å². The molecule has 0 fully saturated rings. The summed E-state index contributed by atoms with van der Waals surface area (Å²) in [4.78, 5) is 10.8. The highest BCUT2D eigenvalue weighted by atomic mass is 127. The van der Waals surface area contributed by atoms with Crippen molar-refractivity contribution in [3.05, 3.63) is 46.4 Å². The topological polar surface area (TPSA) is 66.4 Å². The van der Waals surface area contributed by atoms with Crippen LogP contribution in [-0.4, -0.2) is 41.0 Å². The van der Waals surface area contributed by atoms with E-state index in [1.807, 2.05) is 36.5 Å². The zero-order valence-electron chi connectivity index (χ0n) is 14.5. The predicted octanol–water partition coefficient (Wildman–Crippen LogP) is 2.84. The fraction of sp³-hybridized carbons (Fsp3) is 0.412. The number of hydrogen-bond acceptors (Lipinski definition) is 4. The van der Waals surface area contributed by atoms with Gasteiger partial charge in [0.05, 0.1) is 15.8 Å². The molecule has 138 valence electrons. The molecule has 1 heterocycles. The van der Waals surface area contributed by atoms with Gasteiger partial charge in [0.25, 0.3) is 0 Å². The summed E-state index contributed by atoms with van der Waals surface area (Å²) in [5.74, 6) is 1.28. The van der Waals surface area contributed by atoms with Gasteiger partial charge in [-0.25, -0.2) is 4.98 Å². The number of aliphatic imine (C=N–C) groups is 1. The summed E-state index contributed by atoms with van der Waals surface area (Å²) in [6, 6.07) is 9.52. The van der Waals surface area contributed by atoms with Gasteiger partial charge < -0.3 is 10.6 Å². The summed E-state index contributed by atoms with van der Waals surface area (Å²) in [6.45, 7) is 3.53. The van der Waals surface area contributed by atoms with E-state index in [1.165, 1.54) is 4.88 Å². The molecule has 0 aliphatic carbocycles. The predicted molar refractivity (Wildman–Crippen MR) is 118 cm³/mol. The normalized spacial score (nSPS) is 12.3. The van der Waals surface area contributed by atoms with E-state index < -0.39 is 10.8 Å². The first-order chi connectivity index (χ1) is 11.7. The van der Waals surface area contributed by atoms with Crippen molar-refractivity contribution in [2.75, 3.05) is 25.9 Å². The fourth-order valence-corrected chi connectivity index (χ4v) is 3.93. The van der Waals surface area contributed by atoms with E-state index in [-0.39, 0.29) is 24.0 Å². The Morgan fingerprint density at radius 1 is 1.24 bits per heavy atom. The molecule has 0 bridgehead atoms. The zero-order valence-corrected chi connectivity index (χ0v) is 18.5. The molecule has 0 spiro atoms. The van der Waals surface area contributed by atoms with E-state index in [0.29, 0.717) is 12.3 Å². The molecule has 2 aromatic rings. The largest absolute Gasteiger partial charge is 0.356 e. The summed E-state index contributed by atoms with van der Waals surface area (Å²) in [7, 11) is 0.749. The van der Waals surface area contributed by atoms with Gasteiger partial charge in [-0.3, -0.25) is 9.20 Å². The van der Waals surface area contributed by atoms with E-state index in [9.17, 15) is 4.21 Å². The Morgan fingerprint density at radius 2 is 1.96 bits per heavy atom. The van der Waals surface area contributed by atoms with Crippen molar-refractivity contribution in [2.45, 2.75) is 24.7 Å². The van der Waals surface area contributed by atoms with E-state index in [0.717, 1.165) is 35.2 Å². The molecule has 8 heteroatoms. The Bertz CT molecular complexity index is 676. The van der Waals surface area contributed by atoms with E-state index >= 15 is 0 Å². The Morgan fingerprint density at radius 3 is 2.60 bits per heavy atom. The minimum absolute atomic E-state index is 0. The van der Waals surface area contributed by atoms with Crippen LogP contribution >= 0.6 is 35.3 Å². The van der Waals surface area contributed by atoms with Crippen molar-refractivity contribution < 1.29 is 4.21 Å².